The number of halogens is 3. The van der Waals surface area contributed by atoms with Gasteiger partial charge >= 0.3 is 18.2 Å². The average Bonchev–Trinajstić information content (AvgIpc) is 3.25. The molecule has 3 rings (SSSR count). The van der Waals surface area contributed by atoms with Crippen LogP contribution in [0.2, 0.25) is 0 Å². The molecule has 0 saturated carbocycles. The van der Waals surface area contributed by atoms with Crippen molar-refractivity contribution in [2.75, 3.05) is 18.7 Å². The maximum absolute atomic E-state index is 12.8. The lowest BCUT2D eigenvalue weighted by molar-refractivity contribution is -0.199. The summed E-state index contributed by atoms with van der Waals surface area (Å²) in [6, 6.07) is 12.6. The van der Waals surface area contributed by atoms with Crippen molar-refractivity contribution < 1.29 is 32.3 Å². The van der Waals surface area contributed by atoms with Crippen LogP contribution in [0.1, 0.15) is 17.7 Å². The number of ether oxygens (including phenoxy) is 1. The number of carbonyl (C=O) groups excluding carboxylic acids is 2. The highest BCUT2D eigenvalue weighted by Gasteiger charge is 2.43. The number of anilines is 1. The predicted octanol–water partition coefficient (Wildman–Crippen LogP) is 4.36. The van der Waals surface area contributed by atoms with Gasteiger partial charge in [0, 0.05) is 18.8 Å². The van der Waals surface area contributed by atoms with Crippen LogP contribution in [0, 0.1) is 6.92 Å². The number of nitrogens with zero attached hydrogens (tertiary/aromatic N) is 3. The van der Waals surface area contributed by atoms with Crippen molar-refractivity contribution in [1.29, 1.82) is 0 Å². The van der Waals surface area contributed by atoms with E-state index in [1.165, 1.54) is 31.6 Å². The predicted molar refractivity (Wildman–Crippen MR) is 118 cm³/mol. The van der Waals surface area contributed by atoms with Gasteiger partial charge in [-0.3, -0.25) is 0 Å². The molecule has 2 amide bonds. The number of imidazole rings is 1. The molecule has 2 aromatic carbocycles. The zero-order valence-corrected chi connectivity index (χ0v) is 18.5. The minimum Gasteiger partial charge on any atom is -0.494 e. The number of amides is 2. The largest absolute Gasteiger partial charge is 0.494 e. The molecule has 0 aliphatic rings. The van der Waals surface area contributed by atoms with E-state index in [2.05, 4.69) is 15.1 Å². The molecule has 180 valence electrons. The Balaban J connectivity index is 1.79. The highest BCUT2D eigenvalue weighted by atomic mass is 19.4. The summed E-state index contributed by atoms with van der Waals surface area (Å²) in [5.41, 5.74) is 2.18. The van der Waals surface area contributed by atoms with E-state index in [-0.39, 0.29) is 23.0 Å². The van der Waals surface area contributed by atoms with Crippen molar-refractivity contribution in [3.05, 3.63) is 72.3 Å². The number of carbonyl (C=O) groups is 2. The highest BCUT2D eigenvalue weighted by molar-refractivity contribution is 5.93. The molecule has 11 heteroatoms. The summed E-state index contributed by atoms with van der Waals surface area (Å²) in [6.45, 7) is 1.94. The summed E-state index contributed by atoms with van der Waals surface area (Å²) in [5, 5.41) is 2.75. The molecule has 1 heterocycles. The Labute approximate surface area is 193 Å². The van der Waals surface area contributed by atoms with E-state index < -0.39 is 18.2 Å². The molecule has 0 bridgehead atoms. The zero-order valence-electron chi connectivity index (χ0n) is 18.5. The monoisotopic (exact) mass is 476 g/mol. The third-order valence-electron chi connectivity index (χ3n) is 4.74. The summed E-state index contributed by atoms with van der Waals surface area (Å²) in [4.78, 5) is 32.7. The number of nitrogens with one attached hydrogen (secondary N) is 1. The van der Waals surface area contributed by atoms with Crippen LogP contribution in [0.4, 0.5) is 23.7 Å². The van der Waals surface area contributed by atoms with Crippen LogP contribution in [-0.4, -0.2) is 41.4 Å². The fourth-order valence-electron chi connectivity index (χ4n) is 3.11. The standard InChI is InChI=1S/C23H23F3N4O4/c1-16-14-29(15-28-16)19-11-10-18(13-20(19)33-2)30(34-21(31)23(24,25)26)22(32)27-12-6-9-17-7-4-3-5-8-17/h3-5,7-8,10-11,13-15H,6,9,12H2,1-2H3,(H,27,32). The molecule has 0 unspecified atom stereocenters. The molecule has 1 N–H and O–H groups in total. The highest BCUT2D eigenvalue weighted by Crippen LogP contribution is 2.30. The van der Waals surface area contributed by atoms with E-state index in [0.717, 1.165) is 11.3 Å². The fourth-order valence-corrected chi connectivity index (χ4v) is 3.11. The van der Waals surface area contributed by atoms with Crippen LogP contribution >= 0.6 is 0 Å². The quantitative estimate of drug-likeness (QED) is 0.405. The van der Waals surface area contributed by atoms with E-state index in [4.69, 9.17) is 4.74 Å². The second-order valence-electron chi connectivity index (χ2n) is 7.27. The van der Waals surface area contributed by atoms with Gasteiger partial charge < -0.3 is 19.5 Å². The van der Waals surface area contributed by atoms with Gasteiger partial charge in [-0.15, -0.1) is 5.06 Å². The normalized spacial score (nSPS) is 11.1. The lowest BCUT2D eigenvalue weighted by Crippen LogP contribution is -2.44. The molecule has 0 aliphatic carbocycles. The van der Waals surface area contributed by atoms with Crippen LogP contribution in [0.25, 0.3) is 5.69 Å². The Kier molecular flexibility index (Phi) is 7.77. The van der Waals surface area contributed by atoms with Gasteiger partial charge in [-0.25, -0.2) is 14.6 Å². The van der Waals surface area contributed by atoms with E-state index in [9.17, 15) is 22.8 Å². The Morgan fingerprint density at radius 3 is 2.50 bits per heavy atom. The van der Waals surface area contributed by atoms with Crippen molar-refractivity contribution in [3.8, 4) is 11.4 Å². The second kappa shape index (κ2) is 10.7. The van der Waals surface area contributed by atoms with Gasteiger partial charge in [0.05, 0.1) is 30.5 Å². The molecule has 0 aliphatic heterocycles. The summed E-state index contributed by atoms with van der Waals surface area (Å²) in [5.74, 6) is -2.31. The molecule has 0 spiro atoms. The number of benzene rings is 2. The summed E-state index contributed by atoms with van der Waals surface area (Å²) >= 11 is 0. The molecular formula is C23H23F3N4O4. The number of aryl methyl sites for hydroxylation is 2. The second-order valence-corrected chi connectivity index (χ2v) is 7.27. The number of hydrogen-bond acceptors (Lipinski definition) is 5. The first-order valence-electron chi connectivity index (χ1n) is 10.3. The number of hydrogen-bond donors (Lipinski definition) is 1. The van der Waals surface area contributed by atoms with Gasteiger partial charge in [-0.1, -0.05) is 30.3 Å². The molecule has 8 nitrogen and oxygen atoms in total. The number of methoxy groups -OCH3 is 1. The molecule has 0 radical (unpaired) electrons. The SMILES string of the molecule is COc1cc(N(OC(=O)C(F)(F)F)C(=O)NCCCc2ccccc2)ccc1-n1cnc(C)c1. The van der Waals surface area contributed by atoms with Crippen molar-refractivity contribution in [1.82, 2.24) is 14.9 Å². The van der Waals surface area contributed by atoms with Crippen LogP contribution < -0.4 is 15.1 Å². The Morgan fingerprint density at radius 1 is 1.15 bits per heavy atom. The van der Waals surface area contributed by atoms with Crippen LogP contribution in [0.3, 0.4) is 0 Å². The first-order chi connectivity index (χ1) is 16.2. The first-order valence-corrected chi connectivity index (χ1v) is 10.3. The third-order valence-corrected chi connectivity index (χ3v) is 4.74. The Morgan fingerprint density at radius 2 is 1.88 bits per heavy atom. The van der Waals surface area contributed by atoms with Crippen molar-refractivity contribution in [2.45, 2.75) is 25.9 Å². The Bertz CT molecular complexity index is 1130. The Hall–Kier alpha value is -4.02. The van der Waals surface area contributed by atoms with Gasteiger partial charge in [-0.2, -0.15) is 13.2 Å². The van der Waals surface area contributed by atoms with Crippen molar-refractivity contribution in [3.63, 3.8) is 0 Å². The minimum atomic E-state index is -5.29. The fraction of sp³-hybridized carbons (Fsp3) is 0.261. The van der Waals surface area contributed by atoms with E-state index in [0.29, 0.717) is 18.5 Å². The maximum atomic E-state index is 12.8. The van der Waals surface area contributed by atoms with Gasteiger partial charge in [-0.05, 0) is 37.5 Å². The molecular weight excluding hydrogens is 453 g/mol. The number of aromatic nitrogens is 2. The van der Waals surface area contributed by atoms with Crippen LogP contribution in [0.5, 0.6) is 5.75 Å². The third kappa shape index (κ3) is 6.27. The summed E-state index contributed by atoms with van der Waals surface area (Å²) in [7, 11) is 1.36. The minimum absolute atomic E-state index is 0.129. The number of alkyl halides is 3. The van der Waals surface area contributed by atoms with E-state index >= 15 is 0 Å². The van der Waals surface area contributed by atoms with Crippen LogP contribution in [-0.2, 0) is 16.1 Å². The topological polar surface area (TPSA) is 85.7 Å². The zero-order chi connectivity index (χ0) is 24.7. The molecule has 1 aromatic heterocycles. The maximum Gasteiger partial charge on any atom is 0.493 e. The van der Waals surface area contributed by atoms with E-state index in [1.807, 2.05) is 30.3 Å². The number of rotatable bonds is 7. The average molecular weight is 476 g/mol. The summed E-state index contributed by atoms with van der Waals surface area (Å²) in [6.07, 6.45) is -0.855. The van der Waals surface area contributed by atoms with Gasteiger partial charge in [0.25, 0.3) is 0 Å². The molecule has 3 aromatic rings. The van der Waals surface area contributed by atoms with Gasteiger partial charge in [0.15, 0.2) is 0 Å². The molecule has 34 heavy (non-hydrogen) atoms. The molecule has 0 saturated heterocycles. The van der Waals surface area contributed by atoms with Crippen molar-refractivity contribution >= 4 is 17.7 Å². The molecule has 0 atom stereocenters. The first kappa shape index (κ1) is 24.6. The molecule has 0 fully saturated rings. The number of hydroxylamine groups is 1. The van der Waals surface area contributed by atoms with Crippen molar-refractivity contribution in [2.24, 2.45) is 0 Å². The number of urea groups is 1. The summed E-state index contributed by atoms with van der Waals surface area (Å²) < 4.78 is 45.5. The van der Waals surface area contributed by atoms with Gasteiger partial charge in [0.1, 0.15) is 5.75 Å². The van der Waals surface area contributed by atoms with E-state index in [1.54, 1.807) is 17.7 Å². The lowest BCUT2D eigenvalue weighted by Gasteiger charge is -2.23. The smallest absolute Gasteiger partial charge is 0.493 e. The van der Waals surface area contributed by atoms with Crippen LogP contribution in [0.15, 0.2) is 61.1 Å². The van der Waals surface area contributed by atoms with Gasteiger partial charge in [0.2, 0.25) is 0 Å². The lowest BCUT2D eigenvalue weighted by atomic mass is 10.1.